The molecule has 0 aromatic rings. The van der Waals surface area contributed by atoms with E-state index in [0.717, 1.165) is 19.4 Å². The molecule has 1 heterocycles. The summed E-state index contributed by atoms with van der Waals surface area (Å²) in [5.41, 5.74) is 0.689. The smallest absolute Gasteiger partial charge is 0.109 e. The molecule has 0 saturated carbocycles. The van der Waals surface area contributed by atoms with Gasteiger partial charge in [-0.15, -0.1) is 0 Å². The fourth-order valence-corrected chi connectivity index (χ4v) is 1.22. The van der Waals surface area contributed by atoms with Gasteiger partial charge in [0.2, 0.25) is 0 Å². The maximum atomic E-state index is 9.81. The van der Waals surface area contributed by atoms with Crippen molar-refractivity contribution in [1.82, 2.24) is 0 Å². The van der Waals surface area contributed by atoms with Crippen LogP contribution in [-0.2, 0) is 4.74 Å². The third kappa shape index (κ3) is 2.95. The monoisotopic (exact) mass is 170 g/mol. The van der Waals surface area contributed by atoms with Crippen LogP contribution in [-0.4, -0.2) is 23.4 Å². The van der Waals surface area contributed by atoms with Crippen LogP contribution >= 0.6 is 0 Å². The minimum Gasteiger partial charge on any atom is -0.387 e. The van der Waals surface area contributed by atoms with E-state index in [4.69, 9.17) is 4.74 Å². The van der Waals surface area contributed by atoms with E-state index >= 15 is 0 Å². The predicted octanol–water partition coefficient (Wildman–Crippen LogP) is 1.88. The Balaban J connectivity index is 2.25. The van der Waals surface area contributed by atoms with Crippen molar-refractivity contribution in [1.29, 1.82) is 0 Å². The van der Waals surface area contributed by atoms with E-state index in [2.05, 4.69) is 19.9 Å². The van der Waals surface area contributed by atoms with Crippen LogP contribution in [0.3, 0.4) is 0 Å². The Kier molecular flexibility index (Phi) is 2.91. The zero-order valence-electron chi connectivity index (χ0n) is 8.13. The van der Waals surface area contributed by atoms with Crippen molar-refractivity contribution in [2.45, 2.75) is 45.3 Å². The highest BCUT2D eigenvalue weighted by Crippen LogP contribution is 2.28. The molecule has 0 spiro atoms. The molecule has 0 bridgehead atoms. The third-order valence-electron chi connectivity index (χ3n) is 2.23. The van der Waals surface area contributed by atoms with Crippen molar-refractivity contribution < 1.29 is 9.84 Å². The van der Waals surface area contributed by atoms with E-state index in [-0.39, 0.29) is 6.10 Å². The average molecular weight is 170 g/mol. The van der Waals surface area contributed by atoms with Gasteiger partial charge in [-0.25, -0.2) is 0 Å². The number of ether oxygens (including phenoxy) is 1. The van der Waals surface area contributed by atoms with Gasteiger partial charge in [0.25, 0.3) is 0 Å². The summed E-state index contributed by atoms with van der Waals surface area (Å²) in [6.07, 6.45) is 3.97. The van der Waals surface area contributed by atoms with Gasteiger partial charge >= 0.3 is 0 Å². The Bertz CT molecular complexity index is 174. The Morgan fingerprint density at radius 2 is 2.25 bits per heavy atom. The summed E-state index contributed by atoms with van der Waals surface area (Å²) in [6, 6.07) is 0. The third-order valence-corrected chi connectivity index (χ3v) is 2.23. The summed E-state index contributed by atoms with van der Waals surface area (Å²) < 4.78 is 5.06. The molecule has 70 valence electrons. The van der Waals surface area contributed by atoms with Gasteiger partial charge in [-0.1, -0.05) is 11.6 Å². The van der Waals surface area contributed by atoms with Crippen molar-refractivity contribution >= 4 is 0 Å². The van der Waals surface area contributed by atoms with Crippen LogP contribution in [0.2, 0.25) is 0 Å². The highest BCUT2D eigenvalue weighted by Gasteiger charge is 2.40. The second-order valence-electron chi connectivity index (χ2n) is 4.00. The van der Waals surface area contributed by atoms with Crippen molar-refractivity contribution in [2.75, 3.05) is 6.61 Å². The minimum atomic E-state index is -0.619. The van der Waals surface area contributed by atoms with Gasteiger partial charge in [-0.3, -0.25) is 0 Å². The van der Waals surface area contributed by atoms with Crippen LogP contribution in [0.5, 0.6) is 0 Å². The Morgan fingerprint density at radius 3 is 2.67 bits per heavy atom. The molecule has 2 heteroatoms. The molecule has 0 aromatic carbocycles. The van der Waals surface area contributed by atoms with Crippen LogP contribution in [0, 0.1) is 0 Å². The summed E-state index contributed by atoms with van der Waals surface area (Å²) in [4.78, 5) is 0. The normalized spacial score (nSPS) is 26.2. The summed E-state index contributed by atoms with van der Waals surface area (Å²) in [5, 5.41) is 9.81. The molecule has 1 unspecified atom stereocenters. The van der Waals surface area contributed by atoms with E-state index in [1.165, 1.54) is 5.57 Å². The fraction of sp³-hybridized carbons (Fsp3) is 0.800. The highest BCUT2D eigenvalue weighted by atomic mass is 16.6. The fourth-order valence-electron chi connectivity index (χ4n) is 1.22. The SMILES string of the molecule is CC(C)=CCC[C@](C)(O)C1CO1. The number of hydrogen-bond acceptors (Lipinski definition) is 2. The number of aliphatic hydroxyl groups is 1. The van der Waals surface area contributed by atoms with Crippen LogP contribution in [0.25, 0.3) is 0 Å². The first-order valence-electron chi connectivity index (χ1n) is 4.50. The lowest BCUT2D eigenvalue weighted by Crippen LogP contribution is -2.30. The van der Waals surface area contributed by atoms with Crippen molar-refractivity contribution in [3.05, 3.63) is 11.6 Å². The molecule has 12 heavy (non-hydrogen) atoms. The van der Waals surface area contributed by atoms with Gasteiger partial charge in [0.15, 0.2) is 0 Å². The maximum absolute atomic E-state index is 9.81. The lowest BCUT2D eigenvalue weighted by molar-refractivity contribution is 0.0225. The number of epoxide rings is 1. The van der Waals surface area contributed by atoms with Crippen molar-refractivity contribution in [3.8, 4) is 0 Å². The first-order valence-corrected chi connectivity index (χ1v) is 4.50. The van der Waals surface area contributed by atoms with Crippen LogP contribution in [0.1, 0.15) is 33.6 Å². The molecule has 0 radical (unpaired) electrons. The minimum absolute atomic E-state index is 0.0862. The molecule has 0 aromatic heterocycles. The van der Waals surface area contributed by atoms with Crippen molar-refractivity contribution in [2.24, 2.45) is 0 Å². The molecular formula is C10H18O2. The standard InChI is InChI=1S/C10H18O2/c1-8(2)5-4-6-10(3,11)9-7-12-9/h5,9,11H,4,6-7H2,1-3H3/t9?,10-/m0/s1. The van der Waals surface area contributed by atoms with E-state index in [1.54, 1.807) is 0 Å². The number of allylic oxidation sites excluding steroid dienone is 2. The predicted molar refractivity (Wildman–Crippen MR) is 49.0 cm³/mol. The second kappa shape index (κ2) is 3.58. The quantitative estimate of drug-likeness (QED) is 0.516. The van der Waals surface area contributed by atoms with E-state index in [0.29, 0.717) is 0 Å². The lowest BCUT2D eigenvalue weighted by Gasteiger charge is -2.19. The van der Waals surface area contributed by atoms with Gasteiger partial charge in [-0.2, -0.15) is 0 Å². The maximum Gasteiger partial charge on any atom is 0.109 e. The number of hydrogen-bond donors (Lipinski definition) is 1. The van der Waals surface area contributed by atoms with E-state index in [1.807, 2.05) is 6.92 Å². The molecule has 1 aliphatic heterocycles. The molecule has 1 N–H and O–H groups in total. The molecule has 0 aliphatic carbocycles. The second-order valence-corrected chi connectivity index (χ2v) is 4.00. The Hall–Kier alpha value is -0.340. The van der Waals surface area contributed by atoms with Crippen molar-refractivity contribution in [3.63, 3.8) is 0 Å². The van der Waals surface area contributed by atoms with Gasteiger partial charge in [-0.05, 0) is 33.6 Å². The summed E-state index contributed by atoms with van der Waals surface area (Å²) in [7, 11) is 0. The Labute approximate surface area is 74.2 Å². The van der Waals surface area contributed by atoms with Gasteiger partial charge in [0.1, 0.15) is 6.10 Å². The molecule has 1 saturated heterocycles. The molecule has 2 nitrogen and oxygen atoms in total. The molecule has 1 rings (SSSR count). The molecule has 1 aliphatic rings. The molecule has 0 amide bonds. The van der Waals surface area contributed by atoms with E-state index in [9.17, 15) is 5.11 Å². The molecular weight excluding hydrogens is 152 g/mol. The zero-order chi connectivity index (χ0) is 9.19. The summed E-state index contributed by atoms with van der Waals surface area (Å²) in [6.45, 7) is 6.72. The highest BCUT2D eigenvalue weighted by molar-refractivity contribution is 4.97. The summed E-state index contributed by atoms with van der Waals surface area (Å²) >= 11 is 0. The number of rotatable bonds is 4. The molecule has 1 fully saturated rings. The van der Waals surface area contributed by atoms with Crippen LogP contribution < -0.4 is 0 Å². The van der Waals surface area contributed by atoms with Crippen LogP contribution in [0.15, 0.2) is 11.6 Å². The summed E-state index contributed by atoms with van der Waals surface area (Å²) in [5.74, 6) is 0. The first kappa shape index (κ1) is 9.75. The van der Waals surface area contributed by atoms with E-state index < -0.39 is 5.60 Å². The lowest BCUT2D eigenvalue weighted by atomic mass is 9.96. The van der Waals surface area contributed by atoms with Gasteiger partial charge in [0, 0.05) is 0 Å². The zero-order valence-corrected chi connectivity index (χ0v) is 8.13. The average Bonchev–Trinajstić information content (AvgIpc) is 2.65. The molecule has 2 atom stereocenters. The topological polar surface area (TPSA) is 32.8 Å². The Morgan fingerprint density at radius 1 is 1.67 bits per heavy atom. The van der Waals surface area contributed by atoms with Crippen LogP contribution in [0.4, 0.5) is 0 Å². The largest absolute Gasteiger partial charge is 0.387 e. The first-order chi connectivity index (χ1) is 5.52. The van der Waals surface area contributed by atoms with Gasteiger partial charge in [0.05, 0.1) is 12.2 Å². The van der Waals surface area contributed by atoms with Gasteiger partial charge < -0.3 is 9.84 Å².